The van der Waals surface area contributed by atoms with E-state index < -0.39 is 5.91 Å². The van der Waals surface area contributed by atoms with Crippen molar-refractivity contribution in [2.45, 2.75) is 12.8 Å². The number of carbonyl (C=O) groups is 2. The van der Waals surface area contributed by atoms with Crippen LogP contribution in [0.5, 0.6) is 0 Å². The van der Waals surface area contributed by atoms with E-state index in [2.05, 4.69) is 6.58 Å². The Kier molecular flexibility index (Phi) is 2.38. The summed E-state index contributed by atoms with van der Waals surface area (Å²) in [5.74, 6) is -0.782. The van der Waals surface area contributed by atoms with Gasteiger partial charge in [0.05, 0.1) is 6.61 Å². The highest BCUT2D eigenvalue weighted by molar-refractivity contribution is 5.99. The molecule has 2 amide bonds. The van der Waals surface area contributed by atoms with E-state index in [0.29, 0.717) is 19.4 Å². The summed E-state index contributed by atoms with van der Waals surface area (Å²) in [6.45, 7) is 3.67. The molecule has 1 rings (SSSR count). The van der Waals surface area contributed by atoms with Gasteiger partial charge >= 0.3 is 0 Å². The lowest BCUT2D eigenvalue weighted by Crippen LogP contribution is -2.39. The maximum Gasteiger partial charge on any atom is 0.276 e. The third-order valence-electron chi connectivity index (χ3n) is 1.36. The number of carbonyl (C=O) groups excluding carboxylic acids is 2. The third-order valence-corrected chi connectivity index (χ3v) is 1.36. The van der Waals surface area contributed by atoms with Crippen LogP contribution in [0, 0.1) is 0 Å². The van der Waals surface area contributed by atoms with Gasteiger partial charge < -0.3 is 0 Å². The topological polar surface area (TPSA) is 46.6 Å². The number of amides is 2. The number of hydrogen-bond donors (Lipinski definition) is 0. The van der Waals surface area contributed by atoms with E-state index in [9.17, 15) is 9.59 Å². The summed E-state index contributed by atoms with van der Waals surface area (Å²) in [5.41, 5.74) is 0. The van der Waals surface area contributed by atoms with Crippen molar-refractivity contribution in [2.75, 3.05) is 6.61 Å². The fraction of sp³-hybridized carbons (Fsp3) is 0.429. The molecule has 0 radical (unpaired) electrons. The molecular weight excluding hydrogens is 146 g/mol. The van der Waals surface area contributed by atoms with Crippen molar-refractivity contribution in [3.8, 4) is 0 Å². The Balaban J connectivity index is 2.61. The van der Waals surface area contributed by atoms with E-state index in [1.807, 2.05) is 0 Å². The molecular formula is C7H9NO3. The Bertz CT molecular complexity index is 200. The second-order valence-electron chi connectivity index (χ2n) is 2.17. The Labute approximate surface area is 64.4 Å². The van der Waals surface area contributed by atoms with Crippen LogP contribution in [0.4, 0.5) is 0 Å². The first-order valence-corrected chi connectivity index (χ1v) is 3.38. The standard InChI is InChI=1S/C7H9NO3/c1-2-6(9)8-7(10)4-3-5-11-8/h2H,1,3-5H2. The van der Waals surface area contributed by atoms with Crippen LogP contribution in [0.15, 0.2) is 12.7 Å². The van der Waals surface area contributed by atoms with Crippen molar-refractivity contribution >= 4 is 11.8 Å². The molecule has 1 fully saturated rings. The van der Waals surface area contributed by atoms with Crippen molar-refractivity contribution < 1.29 is 14.4 Å². The van der Waals surface area contributed by atoms with Gasteiger partial charge in [0.15, 0.2) is 0 Å². The highest BCUT2D eigenvalue weighted by atomic mass is 16.7. The summed E-state index contributed by atoms with van der Waals surface area (Å²) in [4.78, 5) is 26.6. The number of rotatable bonds is 1. The lowest BCUT2D eigenvalue weighted by atomic mass is 10.3. The number of hydrogen-bond acceptors (Lipinski definition) is 3. The van der Waals surface area contributed by atoms with Crippen LogP contribution >= 0.6 is 0 Å². The minimum absolute atomic E-state index is 0.291. The molecule has 0 N–H and O–H groups in total. The third kappa shape index (κ3) is 1.65. The van der Waals surface area contributed by atoms with E-state index in [-0.39, 0.29) is 5.91 Å². The highest BCUT2D eigenvalue weighted by Crippen LogP contribution is 2.07. The number of nitrogens with zero attached hydrogens (tertiary/aromatic N) is 1. The molecule has 4 heteroatoms. The average Bonchev–Trinajstić information content (AvgIpc) is 2.04. The van der Waals surface area contributed by atoms with E-state index >= 15 is 0 Å². The summed E-state index contributed by atoms with van der Waals surface area (Å²) in [6.07, 6.45) is 2.11. The van der Waals surface area contributed by atoms with Crippen LogP contribution < -0.4 is 0 Å². The van der Waals surface area contributed by atoms with Crippen molar-refractivity contribution in [2.24, 2.45) is 0 Å². The average molecular weight is 155 g/mol. The van der Waals surface area contributed by atoms with Gasteiger partial charge in [-0.25, -0.2) is 0 Å². The zero-order valence-electron chi connectivity index (χ0n) is 6.08. The fourth-order valence-electron chi connectivity index (χ4n) is 0.822. The van der Waals surface area contributed by atoms with Gasteiger partial charge in [-0.05, 0) is 12.5 Å². The zero-order valence-corrected chi connectivity index (χ0v) is 6.08. The van der Waals surface area contributed by atoms with Crippen LogP contribution in [0.2, 0.25) is 0 Å². The first-order chi connectivity index (χ1) is 5.25. The first-order valence-electron chi connectivity index (χ1n) is 3.38. The molecule has 11 heavy (non-hydrogen) atoms. The van der Waals surface area contributed by atoms with Crippen LogP contribution in [-0.4, -0.2) is 23.5 Å². The molecule has 0 atom stereocenters. The summed E-state index contributed by atoms with van der Waals surface area (Å²) in [6, 6.07) is 0. The quantitative estimate of drug-likeness (QED) is 0.510. The van der Waals surface area contributed by atoms with Gasteiger partial charge in [-0.15, -0.1) is 5.06 Å². The Morgan fingerprint density at radius 1 is 1.73 bits per heavy atom. The molecule has 1 aliphatic rings. The maximum absolute atomic E-state index is 10.9. The molecule has 0 bridgehead atoms. The van der Waals surface area contributed by atoms with Gasteiger partial charge in [0, 0.05) is 6.42 Å². The molecule has 1 saturated heterocycles. The van der Waals surface area contributed by atoms with Gasteiger partial charge in [0.25, 0.3) is 11.8 Å². The summed E-state index contributed by atoms with van der Waals surface area (Å²) < 4.78 is 0. The minimum atomic E-state index is -0.491. The molecule has 0 saturated carbocycles. The van der Waals surface area contributed by atoms with Crippen molar-refractivity contribution in [1.82, 2.24) is 5.06 Å². The molecule has 0 aliphatic carbocycles. The molecule has 1 heterocycles. The van der Waals surface area contributed by atoms with Gasteiger partial charge in [-0.2, -0.15) is 0 Å². The second kappa shape index (κ2) is 3.30. The Morgan fingerprint density at radius 3 is 3.00 bits per heavy atom. The monoisotopic (exact) mass is 155 g/mol. The van der Waals surface area contributed by atoms with Gasteiger partial charge in [0.2, 0.25) is 0 Å². The summed E-state index contributed by atoms with van der Waals surface area (Å²) in [7, 11) is 0. The zero-order chi connectivity index (χ0) is 8.27. The molecule has 60 valence electrons. The lowest BCUT2D eigenvalue weighted by molar-refractivity contribution is -0.200. The van der Waals surface area contributed by atoms with Gasteiger partial charge in [0.1, 0.15) is 0 Å². The van der Waals surface area contributed by atoms with Gasteiger partial charge in [-0.1, -0.05) is 6.58 Å². The predicted molar refractivity (Wildman–Crippen MR) is 37.2 cm³/mol. The molecule has 0 aromatic heterocycles. The van der Waals surface area contributed by atoms with Crippen LogP contribution in [-0.2, 0) is 14.4 Å². The molecule has 0 aromatic rings. The second-order valence-corrected chi connectivity index (χ2v) is 2.17. The van der Waals surface area contributed by atoms with E-state index in [1.165, 1.54) is 0 Å². The summed E-state index contributed by atoms with van der Waals surface area (Å²) >= 11 is 0. The van der Waals surface area contributed by atoms with E-state index in [0.717, 1.165) is 11.1 Å². The first kappa shape index (κ1) is 7.94. The maximum atomic E-state index is 10.9. The van der Waals surface area contributed by atoms with Crippen molar-refractivity contribution in [1.29, 1.82) is 0 Å². The van der Waals surface area contributed by atoms with Gasteiger partial charge in [-0.3, -0.25) is 14.4 Å². The molecule has 0 spiro atoms. The number of imide groups is 1. The smallest absolute Gasteiger partial charge is 0.272 e. The predicted octanol–water partition coefficient (Wildman–Crippen LogP) is 0.253. The molecule has 0 aromatic carbocycles. The highest BCUT2D eigenvalue weighted by Gasteiger charge is 2.23. The van der Waals surface area contributed by atoms with E-state index in [1.54, 1.807) is 0 Å². The normalized spacial score (nSPS) is 18.2. The van der Waals surface area contributed by atoms with Crippen LogP contribution in [0.3, 0.4) is 0 Å². The summed E-state index contributed by atoms with van der Waals surface area (Å²) in [5, 5.41) is 0.760. The van der Waals surface area contributed by atoms with Crippen LogP contribution in [0.1, 0.15) is 12.8 Å². The van der Waals surface area contributed by atoms with Crippen LogP contribution in [0.25, 0.3) is 0 Å². The molecule has 1 aliphatic heterocycles. The fourth-order valence-corrected chi connectivity index (χ4v) is 0.822. The Hall–Kier alpha value is -1.16. The largest absolute Gasteiger partial charge is 0.276 e. The minimum Gasteiger partial charge on any atom is -0.272 e. The molecule has 0 unspecified atom stereocenters. The molecule has 4 nitrogen and oxygen atoms in total. The lowest BCUT2D eigenvalue weighted by Gasteiger charge is -2.22. The SMILES string of the molecule is C=CC(=O)N1OCCCC1=O. The number of hydroxylamine groups is 2. The van der Waals surface area contributed by atoms with Crippen molar-refractivity contribution in [3.63, 3.8) is 0 Å². The van der Waals surface area contributed by atoms with E-state index in [4.69, 9.17) is 4.84 Å². The van der Waals surface area contributed by atoms with Crippen molar-refractivity contribution in [3.05, 3.63) is 12.7 Å². The Morgan fingerprint density at radius 2 is 2.45 bits per heavy atom.